The quantitative estimate of drug-likeness (QED) is 0.233. The number of benzene rings is 1. The first-order chi connectivity index (χ1) is 12.2. The highest BCUT2D eigenvalue weighted by atomic mass is 127. The minimum Gasteiger partial charge on any atom is -0.492 e. The molecule has 0 unspecified atom stereocenters. The van der Waals surface area contributed by atoms with Crippen LogP contribution >= 0.6 is 24.0 Å². The third kappa shape index (κ3) is 8.31. The fourth-order valence-electron chi connectivity index (χ4n) is 2.19. The molecule has 1 aromatic rings. The molecule has 1 aliphatic rings. The second-order valence-electron chi connectivity index (χ2n) is 6.08. The van der Waals surface area contributed by atoms with E-state index in [1.807, 2.05) is 18.2 Å². The van der Waals surface area contributed by atoms with Crippen molar-refractivity contribution in [2.24, 2.45) is 10.9 Å². The van der Waals surface area contributed by atoms with Crippen molar-refractivity contribution >= 4 is 29.9 Å². The summed E-state index contributed by atoms with van der Waals surface area (Å²) in [5, 5.41) is 6.42. The molecule has 1 aliphatic heterocycles. The number of nitrogens with one attached hydrogen (secondary N) is 2. The van der Waals surface area contributed by atoms with Crippen molar-refractivity contribution in [2.75, 3.05) is 46.8 Å². The van der Waals surface area contributed by atoms with Gasteiger partial charge in [0, 0.05) is 26.3 Å². The van der Waals surface area contributed by atoms with Gasteiger partial charge < -0.3 is 29.6 Å². The number of rotatable bonds is 10. The van der Waals surface area contributed by atoms with Gasteiger partial charge in [-0.2, -0.15) is 0 Å². The Kier molecular flexibility index (Phi) is 11.2. The molecule has 0 radical (unpaired) electrons. The van der Waals surface area contributed by atoms with E-state index in [9.17, 15) is 0 Å². The fourth-order valence-corrected chi connectivity index (χ4v) is 2.19. The molecule has 1 heterocycles. The highest BCUT2D eigenvalue weighted by molar-refractivity contribution is 14.0. The minimum absolute atomic E-state index is 0. The summed E-state index contributed by atoms with van der Waals surface area (Å²) in [4.78, 5) is 4.17. The molecule has 2 N–H and O–H groups in total. The van der Waals surface area contributed by atoms with E-state index >= 15 is 0 Å². The lowest BCUT2D eigenvalue weighted by molar-refractivity contribution is 0.128. The topological polar surface area (TPSA) is 73.3 Å². The van der Waals surface area contributed by atoms with E-state index in [4.69, 9.17) is 18.9 Å². The SMILES string of the molecule is CN=C(NCCOCCC(C)C)NCCOc1ccc2c(c1)OCO2.I. The third-order valence-corrected chi connectivity index (χ3v) is 3.61. The average molecular weight is 479 g/mol. The van der Waals surface area contributed by atoms with Gasteiger partial charge in [-0.25, -0.2) is 0 Å². The second-order valence-corrected chi connectivity index (χ2v) is 6.08. The summed E-state index contributed by atoms with van der Waals surface area (Å²) in [6.45, 7) is 8.01. The van der Waals surface area contributed by atoms with Crippen LogP contribution in [-0.2, 0) is 4.74 Å². The lowest BCUT2D eigenvalue weighted by Crippen LogP contribution is -2.40. The Balaban J connectivity index is 0.00000338. The van der Waals surface area contributed by atoms with Crippen molar-refractivity contribution in [3.8, 4) is 17.2 Å². The Morgan fingerprint density at radius 3 is 2.58 bits per heavy atom. The summed E-state index contributed by atoms with van der Waals surface area (Å²) in [7, 11) is 1.74. The first kappa shape index (κ1) is 22.6. The molecule has 0 atom stereocenters. The number of hydrogen-bond donors (Lipinski definition) is 2. The summed E-state index contributed by atoms with van der Waals surface area (Å²) < 4.78 is 21.9. The Labute approximate surface area is 172 Å². The van der Waals surface area contributed by atoms with E-state index < -0.39 is 0 Å². The van der Waals surface area contributed by atoms with Gasteiger partial charge >= 0.3 is 0 Å². The van der Waals surface area contributed by atoms with E-state index in [0.29, 0.717) is 25.7 Å². The molecule has 8 heteroatoms. The maximum absolute atomic E-state index is 5.70. The molecule has 0 bridgehead atoms. The van der Waals surface area contributed by atoms with Crippen LogP contribution in [0.4, 0.5) is 0 Å². The molecular formula is C18H30IN3O4. The molecule has 0 aromatic heterocycles. The maximum atomic E-state index is 5.70. The Hall–Kier alpha value is -1.42. The van der Waals surface area contributed by atoms with E-state index in [2.05, 4.69) is 29.5 Å². The molecule has 0 amide bonds. The number of halogens is 1. The van der Waals surface area contributed by atoms with Crippen LogP contribution in [0.15, 0.2) is 23.2 Å². The summed E-state index contributed by atoms with van der Waals surface area (Å²) >= 11 is 0. The molecule has 1 aromatic carbocycles. The van der Waals surface area contributed by atoms with Crippen LogP contribution in [0, 0.1) is 5.92 Å². The lowest BCUT2D eigenvalue weighted by atomic mass is 10.1. The molecular weight excluding hydrogens is 449 g/mol. The van der Waals surface area contributed by atoms with Gasteiger partial charge in [-0.05, 0) is 24.5 Å². The molecule has 0 saturated carbocycles. The van der Waals surface area contributed by atoms with Crippen LogP contribution < -0.4 is 24.8 Å². The Morgan fingerprint density at radius 2 is 1.85 bits per heavy atom. The Morgan fingerprint density at radius 1 is 1.12 bits per heavy atom. The predicted molar refractivity (Wildman–Crippen MR) is 113 cm³/mol. The molecule has 26 heavy (non-hydrogen) atoms. The van der Waals surface area contributed by atoms with Gasteiger partial charge in [0.2, 0.25) is 6.79 Å². The van der Waals surface area contributed by atoms with Gasteiger partial charge in [-0.1, -0.05) is 13.8 Å². The average Bonchev–Trinajstić information content (AvgIpc) is 3.07. The zero-order chi connectivity index (χ0) is 17.9. The monoisotopic (exact) mass is 479 g/mol. The summed E-state index contributed by atoms with van der Waals surface area (Å²) in [6, 6.07) is 5.56. The van der Waals surface area contributed by atoms with Crippen LogP contribution in [0.1, 0.15) is 20.3 Å². The molecule has 0 aliphatic carbocycles. The first-order valence-electron chi connectivity index (χ1n) is 8.73. The number of fused-ring (bicyclic) bond motifs is 1. The predicted octanol–water partition coefficient (Wildman–Crippen LogP) is 2.64. The Bertz CT molecular complexity index is 555. The zero-order valence-electron chi connectivity index (χ0n) is 15.7. The fraction of sp³-hybridized carbons (Fsp3) is 0.611. The highest BCUT2D eigenvalue weighted by Crippen LogP contribution is 2.34. The number of aliphatic imine (C=N–C) groups is 1. The lowest BCUT2D eigenvalue weighted by Gasteiger charge is -2.13. The van der Waals surface area contributed by atoms with Gasteiger partial charge in [0.15, 0.2) is 17.5 Å². The summed E-state index contributed by atoms with van der Waals surface area (Å²) in [5.41, 5.74) is 0. The van der Waals surface area contributed by atoms with Gasteiger partial charge in [-0.3, -0.25) is 4.99 Å². The normalized spacial score (nSPS) is 12.7. The standard InChI is InChI=1S/C18H29N3O4.HI/c1-14(2)6-9-22-10-7-20-18(19-3)21-8-11-23-15-4-5-16-17(12-15)25-13-24-16;/h4-5,12,14H,6-11,13H2,1-3H3,(H2,19,20,21);1H. The van der Waals surface area contributed by atoms with Crippen LogP contribution in [0.2, 0.25) is 0 Å². The maximum Gasteiger partial charge on any atom is 0.231 e. The second kappa shape index (κ2) is 12.9. The van der Waals surface area contributed by atoms with E-state index in [1.54, 1.807) is 7.05 Å². The number of guanidine groups is 1. The van der Waals surface area contributed by atoms with E-state index in [-0.39, 0.29) is 30.8 Å². The van der Waals surface area contributed by atoms with Crippen molar-refractivity contribution in [3.05, 3.63) is 18.2 Å². The minimum atomic E-state index is 0. The van der Waals surface area contributed by atoms with E-state index in [0.717, 1.165) is 42.8 Å². The van der Waals surface area contributed by atoms with Crippen molar-refractivity contribution in [1.82, 2.24) is 10.6 Å². The van der Waals surface area contributed by atoms with E-state index in [1.165, 1.54) is 0 Å². The smallest absolute Gasteiger partial charge is 0.231 e. The zero-order valence-corrected chi connectivity index (χ0v) is 18.1. The van der Waals surface area contributed by atoms with Gasteiger partial charge in [0.1, 0.15) is 12.4 Å². The van der Waals surface area contributed by atoms with Gasteiger partial charge in [-0.15, -0.1) is 24.0 Å². The molecule has 0 spiro atoms. The van der Waals surface area contributed by atoms with Crippen LogP contribution in [0.3, 0.4) is 0 Å². The van der Waals surface area contributed by atoms with Crippen LogP contribution in [0.25, 0.3) is 0 Å². The van der Waals surface area contributed by atoms with Crippen LogP contribution in [0.5, 0.6) is 17.2 Å². The van der Waals surface area contributed by atoms with Crippen molar-refractivity contribution in [2.45, 2.75) is 20.3 Å². The summed E-state index contributed by atoms with van der Waals surface area (Å²) in [6.07, 6.45) is 1.09. The van der Waals surface area contributed by atoms with Crippen molar-refractivity contribution in [3.63, 3.8) is 0 Å². The summed E-state index contributed by atoms with van der Waals surface area (Å²) in [5.74, 6) is 3.65. The first-order valence-corrected chi connectivity index (χ1v) is 8.73. The molecule has 0 saturated heterocycles. The molecule has 7 nitrogen and oxygen atoms in total. The largest absolute Gasteiger partial charge is 0.492 e. The molecule has 2 rings (SSSR count). The van der Waals surface area contributed by atoms with Crippen LogP contribution in [-0.4, -0.2) is 52.7 Å². The van der Waals surface area contributed by atoms with Crippen molar-refractivity contribution in [1.29, 1.82) is 0 Å². The number of hydrogen-bond acceptors (Lipinski definition) is 5. The number of ether oxygens (including phenoxy) is 4. The molecule has 0 fully saturated rings. The third-order valence-electron chi connectivity index (χ3n) is 3.61. The van der Waals surface area contributed by atoms with Gasteiger partial charge in [0.05, 0.1) is 13.2 Å². The number of nitrogens with zero attached hydrogens (tertiary/aromatic N) is 1. The van der Waals surface area contributed by atoms with Crippen molar-refractivity contribution < 1.29 is 18.9 Å². The highest BCUT2D eigenvalue weighted by Gasteiger charge is 2.13. The van der Waals surface area contributed by atoms with Gasteiger partial charge in [0.25, 0.3) is 0 Å². The molecule has 148 valence electrons.